The topological polar surface area (TPSA) is 62.2 Å². The van der Waals surface area contributed by atoms with Crippen molar-refractivity contribution in [2.24, 2.45) is 7.05 Å². The molecule has 2 N–H and O–H groups in total. The van der Waals surface area contributed by atoms with Crippen molar-refractivity contribution >= 4 is 29.0 Å². The summed E-state index contributed by atoms with van der Waals surface area (Å²) in [5, 5.41) is 0.584. The second kappa shape index (κ2) is 5.25. The Morgan fingerprint density at radius 2 is 2.18 bits per heavy atom. The molecule has 94 valence electrons. The first-order valence-corrected chi connectivity index (χ1v) is 5.08. The van der Waals surface area contributed by atoms with Gasteiger partial charge in [0, 0.05) is 33.1 Å². The molecule has 2 aromatic rings. The molecule has 17 heavy (non-hydrogen) atoms. The zero-order chi connectivity index (χ0) is 11.7. The number of hydrogen-bond acceptors (Lipinski definition) is 3. The third-order valence-electron chi connectivity index (χ3n) is 2.68. The van der Waals surface area contributed by atoms with Crippen LogP contribution in [0.5, 0.6) is 0 Å². The van der Waals surface area contributed by atoms with E-state index >= 15 is 0 Å². The molecule has 0 aliphatic heterocycles. The van der Waals surface area contributed by atoms with E-state index < -0.39 is 0 Å². The van der Waals surface area contributed by atoms with E-state index in [4.69, 9.17) is 10.5 Å². The first-order chi connectivity index (χ1) is 7.65. The molecule has 0 spiro atoms. The van der Waals surface area contributed by atoms with Crippen molar-refractivity contribution in [2.45, 2.75) is 6.54 Å². The van der Waals surface area contributed by atoms with Gasteiger partial charge in [-0.3, -0.25) is 4.79 Å². The Hall–Kier alpha value is -1.46. The number of anilines is 1. The van der Waals surface area contributed by atoms with Crippen molar-refractivity contribution in [3.05, 3.63) is 28.8 Å². The van der Waals surface area contributed by atoms with Gasteiger partial charge in [0.2, 0.25) is 0 Å². The van der Waals surface area contributed by atoms with Crippen molar-refractivity contribution < 1.29 is 4.74 Å². The Labute approximate surface area is 105 Å². The lowest BCUT2D eigenvalue weighted by Crippen LogP contribution is -2.21. The van der Waals surface area contributed by atoms with Gasteiger partial charge in [0.25, 0.3) is 5.56 Å². The second-order valence-electron chi connectivity index (χ2n) is 3.76. The van der Waals surface area contributed by atoms with E-state index in [1.54, 1.807) is 24.1 Å². The van der Waals surface area contributed by atoms with Gasteiger partial charge in [-0.1, -0.05) is 0 Å². The predicted octanol–water partition coefficient (Wildman–Crippen LogP) is 0.990. The molecule has 0 fully saturated rings. The zero-order valence-electron chi connectivity index (χ0n) is 9.84. The molecule has 0 atom stereocenters. The fourth-order valence-corrected chi connectivity index (χ4v) is 1.84. The molecule has 0 bridgehead atoms. The average molecular weight is 258 g/mol. The summed E-state index contributed by atoms with van der Waals surface area (Å²) < 4.78 is 8.42. The number of pyridine rings is 1. The molecule has 0 amide bonds. The van der Waals surface area contributed by atoms with Crippen molar-refractivity contribution in [3.63, 3.8) is 0 Å². The maximum Gasteiger partial charge on any atom is 0.262 e. The van der Waals surface area contributed by atoms with Crippen LogP contribution in [0.3, 0.4) is 0 Å². The molecule has 0 aliphatic carbocycles. The normalized spacial score (nSPS) is 10.5. The van der Waals surface area contributed by atoms with Crippen molar-refractivity contribution in [1.82, 2.24) is 9.13 Å². The lowest BCUT2D eigenvalue weighted by atomic mass is 10.3. The number of methoxy groups -OCH3 is 1. The van der Waals surface area contributed by atoms with Crippen LogP contribution in [0.15, 0.2) is 23.3 Å². The second-order valence-corrected chi connectivity index (χ2v) is 3.76. The van der Waals surface area contributed by atoms with Crippen LogP contribution in [-0.2, 0) is 18.3 Å². The van der Waals surface area contributed by atoms with Crippen LogP contribution in [0.25, 0.3) is 10.9 Å². The van der Waals surface area contributed by atoms with E-state index in [1.165, 1.54) is 0 Å². The van der Waals surface area contributed by atoms with Crippen LogP contribution >= 0.6 is 12.4 Å². The van der Waals surface area contributed by atoms with E-state index in [2.05, 4.69) is 0 Å². The van der Waals surface area contributed by atoms with Crippen LogP contribution in [-0.4, -0.2) is 22.9 Å². The SMILES string of the molecule is COCCn1ccc2c(c(N)cn2C)c1=O.Cl. The van der Waals surface area contributed by atoms with Gasteiger partial charge in [0.05, 0.1) is 23.2 Å². The Bertz CT molecular complexity index is 574. The number of nitrogens with two attached hydrogens (primary N) is 1. The molecule has 0 aromatic carbocycles. The first-order valence-electron chi connectivity index (χ1n) is 5.08. The summed E-state index contributed by atoms with van der Waals surface area (Å²) in [6.45, 7) is 1.05. The summed E-state index contributed by atoms with van der Waals surface area (Å²) >= 11 is 0. The largest absolute Gasteiger partial charge is 0.397 e. The fraction of sp³-hybridized carbons (Fsp3) is 0.364. The molecule has 0 saturated carbocycles. The predicted molar refractivity (Wildman–Crippen MR) is 70.7 cm³/mol. The molecule has 0 aliphatic rings. The van der Waals surface area contributed by atoms with E-state index in [9.17, 15) is 4.79 Å². The van der Waals surface area contributed by atoms with Crippen molar-refractivity contribution in [2.75, 3.05) is 19.5 Å². The van der Waals surface area contributed by atoms with Gasteiger partial charge in [0.1, 0.15) is 0 Å². The smallest absolute Gasteiger partial charge is 0.262 e. The highest BCUT2D eigenvalue weighted by atomic mass is 35.5. The molecular formula is C11H16ClN3O2. The van der Waals surface area contributed by atoms with Crippen LogP contribution in [0.2, 0.25) is 0 Å². The van der Waals surface area contributed by atoms with Gasteiger partial charge in [-0.15, -0.1) is 12.4 Å². The zero-order valence-corrected chi connectivity index (χ0v) is 10.7. The van der Waals surface area contributed by atoms with Gasteiger partial charge in [-0.05, 0) is 6.07 Å². The van der Waals surface area contributed by atoms with E-state index in [0.717, 1.165) is 5.52 Å². The lowest BCUT2D eigenvalue weighted by Gasteiger charge is -2.05. The van der Waals surface area contributed by atoms with Gasteiger partial charge < -0.3 is 19.6 Å². The summed E-state index contributed by atoms with van der Waals surface area (Å²) in [6.07, 6.45) is 3.52. The Morgan fingerprint density at radius 3 is 2.82 bits per heavy atom. The van der Waals surface area contributed by atoms with Crippen LogP contribution < -0.4 is 11.3 Å². The molecule has 0 radical (unpaired) electrons. The number of aromatic nitrogens is 2. The van der Waals surface area contributed by atoms with Crippen molar-refractivity contribution in [3.8, 4) is 0 Å². The van der Waals surface area contributed by atoms with Gasteiger partial charge in [-0.2, -0.15) is 0 Å². The van der Waals surface area contributed by atoms with Crippen LogP contribution in [0, 0.1) is 0 Å². The molecule has 2 rings (SSSR count). The average Bonchev–Trinajstić information content (AvgIpc) is 2.54. The molecule has 2 heterocycles. The van der Waals surface area contributed by atoms with Crippen molar-refractivity contribution in [1.29, 1.82) is 0 Å². The van der Waals surface area contributed by atoms with E-state index in [0.29, 0.717) is 24.2 Å². The minimum atomic E-state index is -0.0624. The minimum Gasteiger partial charge on any atom is -0.397 e. The summed E-state index contributed by atoms with van der Waals surface area (Å²) in [5.74, 6) is 0. The quantitative estimate of drug-likeness (QED) is 0.892. The first kappa shape index (κ1) is 13.6. The number of hydrogen-bond donors (Lipinski definition) is 1. The molecule has 6 heteroatoms. The highest BCUT2D eigenvalue weighted by Gasteiger charge is 2.09. The number of aryl methyl sites for hydroxylation is 1. The maximum absolute atomic E-state index is 12.1. The molecule has 5 nitrogen and oxygen atoms in total. The molecule has 2 aromatic heterocycles. The number of nitrogens with zero attached hydrogens (tertiary/aromatic N) is 2. The summed E-state index contributed by atoms with van der Waals surface area (Å²) in [4.78, 5) is 12.1. The molecule has 0 unspecified atom stereocenters. The van der Waals surface area contributed by atoms with Gasteiger partial charge >= 0.3 is 0 Å². The Morgan fingerprint density at radius 1 is 1.47 bits per heavy atom. The highest BCUT2D eigenvalue weighted by molar-refractivity contribution is 5.90. The third-order valence-corrected chi connectivity index (χ3v) is 2.68. The number of nitrogen functional groups attached to an aromatic ring is 1. The third kappa shape index (κ3) is 2.30. The monoisotopic (exact) mass is 257 g/mol. The van der Waals surface area contributed by atoms with Gasteiger partial charge in [-0.25, -0.2) is 0 Å². The summed E-state index contributed by atoms with van der Waals surface area (Å²) in [7, 11) is 3.48. The molecule has 0 saturated heterocycles. The lowest BCUT2D eigenvalue weighted by molar-refractivity contribution is 0.186. The number of ether oxygens (including phenoxy) is 1. The standard InChI is InChI=1S/C11H15N3O2.ClH/c1-13-7-8(12)10-9(13)3-4-14(11(10)15)5-6-16-2;/h3-4,7H,5-6,12H2,1-2H3;1H. The summed E-state index contributed by atoms with van der Waals surface area (Å²) in [5.41, 5.74) is 7.13. The van der Waals surface area contributed by atoms with Crippen LogP contribution in [0.4, 0.5) is 5.69 Å². The fourth-order valence-electron chi connectivity index (χ4n) is 1.84. The number of halogens is 1. The van der Waals surface area contributed by atoms with Crippen LogP contribution in [0.1, 0.15) is 0 Å². The summed E-state index contributed by atoms with van der Waals surface area (Å²) in [6, 6.07) is 1.89. The molecular weight excluding hydrogens is 242 g/mol. The Balaban J connectivity index is 0.00000144. The van der Waals surface area contributed by atoms with E-state index in [1.807, 2.05) is 17.7 Å². The van der Waals surface area contributed by atoms with Gasteiger partial charge in [0.15, 0.2) is 0 Å². The highest BCUT2D eigenvalue weighted by Crippen LogP contribution is 2.17. The Kier molecular flexibility index (Phi) is 4.20. The van der Waals surface area contributed by atoms with E-state index in [-0.39, 0.29) is 18.0 Å². The number of fused-ring (bicyclic) bond motifs is 1. The minimum absolute atomic E-state index is 0. The number of rotatable bonds is 3. The maximum atomic E-state index is 12.1.